The summed E-state index contributed by atoms with van der Waals surface area (Å²) in [5, 5.41) is 4.38. The van der Waals surface area contributed by atoms with E-state index in [2.05, 4.69) is 30.1 Å². The first-order valence-corrected chi connectivity index (χ1v) is 11.3. The van der Waals surface area contributed by atoms with E-state index in [4.69, 9.17) is 4.98 Å². The monoisotopic (exact) mass is 425 g/mol. The third-order valence-electron chi connectivity index (χ3n) is 5.41. The van der Waals surface area contributed by atoms with Crippen LogP contribution < -0.4 is 10.2 Å². The van der Waals surface area contributed by atoms with Gasteiger partial charge < -0.3 is 10.2 Å². The van der Waals surface area contributed by atoms with Crippen molar-refractivity contribution in [1.82, 2.24) is 4.98 Å². The van der Waals surface area contributed by atoms with Crippen LogP contribution in [-0.4, -0.2) is 30.3 Å². The minimum atomic E-state index is -2.61. The molecule has 1 aliphatic rings. The van der Waals surface area contributed by atoms with Crippen molar-refractivity contribution in [2.75, 3.05) is 29.6 Å². The van der Waals surface area contributed by atoms with Crippen LogP contribution in [0.4, 0.5) is 20.3 Å². The van der Waals surface area contributed by atoms with Crippen molar-refractivity contribution in [3.8, 4) is 0 Å². The molecule has 4 rings (SSSR count). The number of hydrogen-bond donors (Lipinski definition) is 1. The second-order valence-corrected chi connectivity index (χ2v) is 8.46. The van der Waals surface area contributed by atoms with E-state index < -0.39 is 5.92 Å². The molecule has 0 bridgehead atoms. The molecule has 0 amide bonds. The van der Waals surface area contributed by atoms with Gasteiger partial charge in [-0.15, -0.1) is 11.8 Å². The van der Waals surface area contributed by atoms with Crippen molar-refractivity contribution in [2.24, 2.45) is 0 Å². The molecule has 6 heteroatoms. The molecule has 3 nitrogen and oxygen atoms in total. The van der Waals surface area contributed by atoms with Gasteiger partial charge in [0, 0.05) is 53.2 Å². The highest BCUT2D eigenvalue weighted by Crippen LogP contribution is 2.34. The van der Waals surface area contributed by atoms with Gasteiger partial charge >= 0.3 is 0 Å². The molecule has 0 aliphatic carbocycles. The summed E-state index contributed by atoms with van der Waals surface area (Å²) in [5.41, 5.74) is 3.34. The quantitative estimate of drug-likeness (QED) is 0.462. The molecule has 1 aromatic heterocycles. The number of aromatic nitrogens is 1. The van der Waals surface area contributed by atoms with Gasteiger partial charge in [-0.05, 0) is 43.0 Å². The summed E-state index contributed by atoms with van der Waals surface area (Å²) in [7, 11) is 0. The number of alkyl halides is 2. The number of halogens is 2. The fourth-order valence-electron chi connectivity index (χ4n) is 3.79. The Hall–Kier alpha value is -2.60. The SMILES string of the molecule is C=C(Nc1cccc(SC)c1)c1cc2ccccc2nc1N1CCCC(F)(F)CC1. The second kappa shape index (κ2) is 8.64. The van der Waals surface area contributed by atoms with Gasteiger partial charge in [-0.1, -0.05) is 30.8 Å². The molecule has 1 fully saturated rings. The van der Waals surface area contributed by atoms with E-state index in [0.717, 1.165) is 27.0 Å². The normalized spacial score (nSPS) is 16.3. The summed E-state index contributed by atoms with van der Waals surface area (Å²) < 4.78 is 27.9. The van der Waals surface area contributed by atoms with Gasteiger partial charge in [0.05, 0.1) is 5.52 Å². The number of anilines is 2. The lowest BCUT2D eigenvalue weighted by atomic mass is 10.1. The highest BCUT2D eigenvalue weighted by atomic mass is 32.2. The van der Waals surface area contributed by atoms with Crippen molar-refractivity contribution in [3.05, 3.63) is 66.7 Å². The molecule has 3 aromatic rings. The van der Waals surface area contributed by atoms with E-state index in [9.17, 15) is 8.78 Å². The van der Waals surface area contributed by atoms with Crippen LogP contribution in [0.1, 0.15) is 24.8 Å². The molecule has 0 atom stereocenters. The number of thioether (sulfide) groups is 1. The van der Waals surface area contributed by atoms with Gasteiger partial charge in [-0.3, -0.25) is 0 Å². The van der Waals surface area contributed by atoms with Gasteiger partial charge in [-0.2, -0.15) is 0 Å². The maximum absolute atomic E-state index is 13.9. The molecule has 1 N–H and O–H groups in total. The molecule has 2 heterocycles. The van der Waals surface area contributed by atoms with Gasteiger partial charge in [0.2, 0.25) is 5.92 Å². The van der Waals surface area contributed by atoms with Crippen LogP contribution in [0.15, 0.2) is 66.1 Å². The van der Waals surface area contributed by atoms with Crippen molar-refractivity contribution in [3.63, 3.8) is 0 Å². The van der Waals surface area contributed by atoms with Crippen molar-refractivity contribution in [1.29, 1.82) is 0 Å². The number of hydrogen-bond acceptors (Lipinski definition) is 4. The number of rotatable bonds is 5. The van der Waals surface area contributed by atoms with E-state index in [1.165, 1.54) is 0 Å². The highest BCUT2D eigenvalue weighted by molar-refractivity contribution is 7.98. The van der Waals surface area contributed by atoms with Crippen LogP contribution in [0, 0.1) is 0 Å². The Bertz CT molecular complexity index is 1070. The van der Waals surface area contributed by atoms with Crippen LogP contribution in [0.3, 0.4) is 0 Å². The van der Waals surface area contributed by atoms with E-state index in [-0.39, 0.29) is 19.4 Å². The molecule has 0 saturated carbocycles. The average Bonchev–Trinajstić information content (AvgIpc) is 2.93. The molecule has 0 radical (unpaired) electrons. The Morgan fingerprint density at radius 2 is 1.93 bits per heavy atom. The van der Waals surface area contributed by atoms with Crippen LogP contribution >= 0.6 is 11.8 Å². The molecule has 2 aromatic carbocycles. The summed E-state index contributed by atoms with van der Waals surface area (Å²) >= 11 is 1.67. The van der Waals surface area contributed by atoms with E-state index >= 15 is 0 Å². The number of nitrogens with zero attached hydrogens (tertiary/aromatic N) is 2. The van der Waals surface area contributed by atoms with E-state index in [0.29, 0.717) is 24.5 Å². The van der Waals surface area contributed by atoms with Gasteiger partial charge in [-0.25, -0.2) is 13.8 Å². The summed E-state index contributed by atoms with van der Waals surface area (Å²) in [5.74, 6) is -1.90. The van der Waals surface area contributed by atoms with Crippen LogP contribution in [0.2, 0.25) is 0 Å². The Balaban J connectivity index is 1.71. The topological polar surface area (TPSA) is 28.2 Å². The standard InChI is InChI=1S/C24H25F2N3S/c1-17(27-19-8-5-9-20(16-19)30-2)21-15-18-7-3-4-10-22(18)28-23(21)29-13-6-11-24(25,26)12-14-29/h3-5,7-10,15-16,27H,1,6,11-14H2,2H3. The number of para-hydroxylation sites is 1. The maximum Gasteiger partial charge on any atom is 0.249 e. The van der Waals surface area contributed by atoms with Gasteiger partial charge in [0.15, 0.2) is 0 Å². The molecule has 1 saturated heterocycles. The summed E-state index contributed by atoms with van der Waals surface area (Å²) in [6.07, 6.45) is 2.24. The molecule has 30 heavy (non-hydrogen) atoms. The Morgan fingerprint density at radius 1 is 1.10 bits per heavy atom. The first-order chi connectivity index (χ1) is 14.4. The zero-order valence-corrected chi connectivity index (χ0v) is 17.8. The number of nitrogens with one attached hydrogen (secondary N) is 1. The first kappa shape index (κ1) is 20.7. The Labute approximate surface area is 180 Å². The van der Waals surface area contributed by atoms with E-state index in [1.807, 2.05) is 47.6 Å². The number of fused-ring (bicyclic) bond motifs is 1. The fraction of sp³-hybridized carbons (Fsp3) is 0.292. The maximum atomic E-state index is 13.9. The molecular formula is C24H25F2N3S. The lowest BCUT2D eigenvalue weighted by Crippen LogP contribution is -2.28. The minimum absolute atomic E-state index is 0.0763. The minimum Gasteiger partial charge on any atom is -0.356 e. The molecule has 0 spiro atoms. The van der Waals surface area contributed by atoms with Gasteiger partial charge in [0.25, 0.3) is 0 Å². The summed E-state index contributed by atoms with van der Waals surface area (Å²) in [6.45, 7) is 5.09. The van der Waals surface area contributed by atoms with Crippen LogP contribution in [-0.2, 0) is 0 Å². The van der Waals surface area contributed by atoms with Crippen LogP contribution in [0.25, 0.3) is 16.6 Å². The summed E-state index contributed by atoms with van der Waals surface area (Å²) in [4.78, 5) is 7.99. The lowest BCUT2D eigenvalue weighted by molar-refractivity contribution is -0.0102. The van der Waals surface area contributed by atoms with Crippen LogP contribution in [0.5, 0.6) is 0 Å². The first-order valence-electron chi connectivity index (χ1n) is 10.1. The van der Waals surface area contributed by atoms with Crippen molar-refractivity contribution >= 4 is 39.9 Å². The Morgan fingerprint density at radius 3 is 2.77 bits per heavy atom. The third-order valence-corrected chi connectivity index (χ3v) is 6.14. The largest absolute Gasteiger partial charge is 0.356 e. The lowest BCUT2D eigenvalue weighted by Gasteiger charge is -2.26. The predicted octanol–water partition coefficient (Wildman–Crippen LogP) is 6.67. The molecule has 1 aliphatic heterocycles. The predicted molar refractivity (Wildman–Crippen MR) is 124 cm³/mol. The number of benzene rings is 2. The van der Waals surface area contributed by atoms with Gasteiger partial charge in [0.1, 0.15) is 5.82 Å². The zero-order chi connectivity index (χ0) is 21.1. The molecule has 0 unspecified atom stereocenters. The summed E-state index contributed by atoms with van der Waals surface area (Å²) in [6, 6.07) is 18.0. The smallest absolute Gasteiger partial charge is 0.249 e. The van der Waals surface area contributed by atoms with Crippen molar-refractivity contribution < 1.29 is 8.78 Å². The van der Waals surface area contributed by atoms with E-state index in [1.54, 1.807) is 11.8 Å². The fourth-order valence-corrected chi connectivity index (χ4v) is 4.25. The average molecular weight is 426 g/mol. The highest BCUT2D eigenvalue weighted by Gasteiger charge is 2.32. The molecule has 156 valence electrons. The third kappa shape index (κ3) is 4.59. The Kier molecular flexibility index (Phi) is 5.95. The second-order valence-electron chi connectivity index (χ2n) is 7.58. The molecular weight excluding hydrogens is 400 g/mol. The number of pyridine rings is 1. The van der Waals surface area contributed by atoms with Crippen molar-refractivity contribution in [2.45, 2.75) is 30.1 Å². The zero-order valence-electron chi connectivity index (χ0n) is 17.0.